The van der Waals surface area contributed by atoms with Crippen LogP contribution < -0.4 is 10.1 Å². The van der Waals surface area contributed by atoms with E-state index < -0.39 is 0 Å². The Kier molecular flexibility index (Phi) is 6.91. The van der Waals surface area contributed by atoms with Gasteiger partial charge in [-0.25, -0.2) is 4.68 Å². The number of nitrogens with zero attached hydrogens (tertiary/aromatic N) is 3. The van der Waals surface area contributed by atoms with Crippen LogP contribution in [-0.4, -0.2) is 47.2 Å². The number of rotatable bonds is 6. The molecule has 0 aliphatic rings. The van der Waals surface area contributed by atoms with Gasteiger partial charge in [0.05, 0.1) is 25.0 Å². The molecule has 0 bridgehead atoms. The Morgan fingerprint density at radius 2 is 1.82 bits per heavy atom. The summed E-state index contributed by atoms with van der Waals surface area (Å²) in [5, 5.41) is 7.73. The number of aryl methyl sites for hydroxylation is 2. The highest BCUT2D eigenvalue weighted by Crippen LogP contribution is 2.27. The Morgan fingerprint density at radius 3 is 2.45 bits per heavy atom. The van der Waals surface area contributed by atoms with Gasteiger partial charge in [-0.05, 0) is 43.7 Å². The van der Waals surface area contributed by atoms with Crippen LogP contribution in [0.15, 0.2) is 48.5 Å². The zero-order valence-electron chi connectivity index (χ0n) is 20.4. The summed E-state index contributed by atoms with van der Waals surface area (Å²) in [6, 6.07) is 14.9. The van der Waals surface area contributed by atoms with Gasteiger partial charge in [0.1, 0.15) is 11.6 Å². The van der Waals surface area contributed by atoms with E-state index in [9.17, 15) is 9.59 Å². The van der Waals surface area contributed by atoms with Crippen molar-refractivity contribution in [3.8, 4) is 11.4 Å². The van der Waals surface area contributed by atoms with Gasteiger partial charge in [0.25, 0.3) is 5.91 Å². The predicted molar refractivity (Wildman–Crippen MR) is 130 cm³/mol. The van der Waals surface area contributed by atoms with Crippen molar-refractivity contribution in [2.75, 3.05) is 26.0 Å². The van der Waals surface area contributed by atoms with Crippen LogP contribution in [0.4, 0.5) is 5.82 Å². The minimum Gasteiger partial charge on any atom is -0.497 e. The summed E-state index contributed by atoms with van der Waals surface area (Å²) in [4.78, 5) is 27.0. The molecule has 0 spiro atoms. The molecule has 0 aliphatic heterocycles. The molecule has 0 atom stereocenters. The fourth-order valence-corrected chi connectivity index (χ4v) is 3.51. The second kappa shape index (κ2) is 9.48. The van der Waals surface area contributed by atoms with Crippen LogP contribution in [0.1, 0.15) is 48.0 Å². The van der Waals surface area contributed by atoms with Crippen molar-refractivity contribution in [3.05, 3.63) is 70.9 Å². The second-order valence-corrected chi connectivity index (χ2v) is 9.31. The molecule has 0 aliphatic carbocycles. The van der Waals surface area contributed by atoms with E-state index in [1.54, 1.807) is 43.1 Å². The first-order valence-electron chi connectivity index (χ1n) is 10.9. The lowest BCUT2D eigenvalue weighted by molar-refractivity contribution is -0.116. The number of carbonyl (C=O) groups is 2. The van der Waals surface area contributed by atoms with E-state index in [0.717, 1.165) is 22.5 Å². The molecule has 2 amide bonds. The Bertz CT molecular complexity index is 1170. The van der Waals surface area contributed by atoms with Gasteiger partial charge in [0, 0.05) is 24.1 Å². The fourth-order valence-electron chi connectivity index (χ4n) is 3.51. The van der Waals surface area contributed by atoms with Gasteiger partial charge in [0.15, 0.2) is 0 Å². The van der Waals surface area contributed by atoms with Crippen molar-refractivity contribution in [1.82, 2.24) is 14.7 Å². The number of ether oxygens (including phenoxy) is 1. The van der Waals surface area contributed by atoms with Gasteiger partial charge in [-0.3, -0.25) is 9.59 Å². The minimum absolute atomic E-state index is 0.0983. The number of likely N-dealkylation sites (N-methyl/N-ethyl adjacent to an activating group) is 1. The van der Waals surface area contributed by atoms with Crippen molar-refractivity contribution in [2.24, 2.45) is 0 Å². The summed E-state index contributed by atoms with van der Waals surface area (Å²) in [7, 11) is 3.15. The summed E-state index contributed by atoms with van der Waals surface area (Å²) < 4.78 is 6.95. The molecule has 0 fully saturated rings. The van der Waals surface area contributed by atoms with Crippen LogP contribution in [0.2, 0.25) is 0 Å². The first kappa shape index (κ1) is 24.0. The number of hydrogen-bond acceptors (Lipinski definition) is 4. The smallest absolute Gasteiger partial charge is 0.254 e. The molecule has 174 valence electrons. The average molecular weight is 449 g/mol. The molecular formula is C26H32N4O3. The molecule has 3 rings (SSSR count). The fraction of sp³-hybridized carbons (Fsp3) is 0.346. The van der Waals surface area contributed by atoms with Gasteiger partial charge < -0.3 is 15.0 Å². The predicted octanol–water partition coefficient (Wildman–Crippen LogP) is 4.51. The number of anilines is 1. The number of amides is 2. The zero-order chi connectivity index (χ0) is 24.3. The summed E-state index contributed by atoms with van der Waals surface area (Å²) in [6.07, 6.45) is 0. The number of benzene rings is 2. The van der Waals surface area contributed by atoms with Crippen molar-refractivity contribution in [2.45, 2.75) is 40.0 Å². The Hall–Kier alpha value is -3.61. The molecule has 3 aromatic rings. The molecular weight excluding hydrogens is 416 g/mol. The van der Waals surface area contributed by atoms with Gasteiger partial charge in [-0.2, -0.15) is 5.10 Å². The van der Waals surface area contributed by atoms with Crippen molar-refractivity contribution >= 4 is 17.6 Å². The first-order valence-corrected chi connectivity index (χ1v) is 10.9. The van der Waals surface area contributed by atoms with Crippen molar-refractivity contribution in [1.29, 1.82) is 0 Å². The number of aromatic nitrogens is 2. The lowest BCUT2D eigenvalue weighted by atomic mass is 9.92. The largest absolute Gasteiger partial charge is 0.497 e. The average Bonchev–Trinajstić information content (AvgIpc) is 3.17. The van der Waals surface area contributed by atoms with Gasteiger partial charge >= 0.3 is 0 Å². The third-order valence-corrected chi connectivity index (χ3v) is 5.37. The van der Waals surface area contributed by atoms with Crippen LogP contribution >= 0.6 is 0 Å². The Balaban J connectivity index is 1.83. The van der Waals surface area contributed by atoms with E-state index in [1.807, 2.05) is 32.0 Å². The molecule has 7 nitrogen and oxygen atoms in total. The molecule has 0 saturated heterocycles. The minimum atomic E-state index is -0.305. The first-order chi connectivity index (χ1) is 15.5. The van der Waals surface area contributed by atoms with E-state index in [-0.39, 0.29) is 23.8 Å². The summed E-state index contributed by atoms with van der Waals surface area (Å²) in [5.74, 6) is 0.590. The van der Waals surface area contributed by atoms with Crippen molar-refractivity contribution in [3.63, 3.8) is 0 Å². The van der Waals surface area contributed by atoms with Crippen LogP contribution in [0.25, 0.3) is 5.69 Å². The summed E-state index contributed by atoms with van der Waals surface area (Å²) in [6.45, 7) is 10.2. The van der Waals surface area contributed by atoms with Crippen LogP contribution in [0.3, 0.4) is 0 Å². The topological polar surface area (TPSA) is 76.5 Å². The molecule has 33 heavy (non-hydrogen) atoms. The quantitative estimate of drug-likeness (QED) is 0.602. The monoisotopic (exact) mass is 448 g/mol. The van der Waals surface area contributed by atoms with E-state index in [2.05, 4.69) is 32.2 Å². The zero-order valence-corrected chi connectivity index (χ0v) is 20.4. The standard InChI is InChI=1S/C26H32N4O3/c1-17-11-12-21(18(2)13-17)30-23(15-22(28-30)26(3,4)5)27-24(31)16-29(6)25(32)19-9-8-10-20(14-19)33-7/h8-15H,16H2,1-7H3,(H,27,31). The lowest BCUT2D eigenvalue weighted by Gasteiger charge is -2.18. The Morgan fingerprint density at radius 1 is 1.09 bits per heavy atom. The van der Waals surface area contributed by atoms with Gasteiger partial charge in [-0.15, -0.1) is 0 Å². The highest BCUT2D eigenvalue weighted by Gasteiger charge is 2.23. The molecule has 2 aromatic carbocycles. The molecule has 0 saturated carbocycles. The van der Waals surface area contributed by atoms with E-state index in [0.29, 0.717) is 17.1 Å². The number of hydrogen-bond donors (Lipinski definition) is 1. The van der Waals surface area contributed by atoms with Gasteiger partial charge in [0.2, 0.25) is 5.91 Å². The second-order valence-electron chi connectivity index (χ2n) is 9.31. The van der Waals surface area contributed by atoms with Crippen LogP contribution in [0.5, 0.6) is 5.75 Å². The maximum absolute atomic E-state index is 12.9. The summed E-state index contributed by atoms with van der Waals surface area (Å²) >= 11 is 0. The number of methoxy groups -OCH3 is 1. The molecule has 1 N–H and O–H groups in total. The molecule has 0 unspecified atom stereocenters. The highest BCUT2D eigenvalue weighted by atomic mass is 16.5. The highest BCUT2D eigenvalue weighted by molar-refractivity contribution is 5.99. The molecule has 7 heteroatoms. The van der Waals surface area contributed by atoms with Gasteiger partial charge in [-0.1, -0.05) is 44.5 Å². The SMILES string of the molecule is COc1cccc(C(=O)N(C)CC(=O)Nc2cc(C(C)(C)C)nn2-c2ccc(C)cc2C)c1. The Labute approximate surface area is 195 Å². The number of carbonyl (C=O) groups excluding carboxylic acids is 2. The molecule has 1 aromatic heterocycles. The molecule has 1 heterocycles. The van der Waals surface area contributed by atoms with E-state index in [1.165, 1.54) is 4.90 Å². The number of nitrogens with one attached hydrogen (secondary N) is 1. The maximum Gasteiger partial charge on any atom is 0.254 e. The molecule has 0 radical (unpaired) electrons. The van der Waals surface area contributed by atoms with Crippen LogP contribution in [-0.2, 0) is 10.2 Å². The normalized spacial score (nSPS) is 11.2. The van der Waals surface area contributed by atoms with E-state index in [4.69, 9.17) is 9.84 Å². The van der Waals surface area contributed by atoms with Crippen LogP contribution in [0, 0.1) is 13.8 Å². The third-order valence-electron chi connectivity index (χ3n) is 5.37. The summed E-state index contributed by atoms with van der Waals surface area (Å²) in [5.41, 5.74) is 4.23. The van der Waals surface area contributed by atoms with E-state index >= 15 is 0 Å². The lowest BCUT2D eigenvalue weighted by Crippen LogP contribution is -2.35. The third kappa shape index (κ3) is 5.61. The maximum atomic E-state index is 12.9. The van der Waals surface area contributed by atoms with Crippen molar-refractivity contribution < 1.29 is 14.3 Å².